The van der Waals surface area contributed by atoms with E-state index in [1.54, 1.807) is 19.1 Å². The molecule has 1 rings (SSSR count). The van der Waals surface area contributed by atoms with Crippen LogP contribution in [0.2, 0.25) is 5.02 Å². The van der Waals surface area contributed by atoms with Crippen LogP contribution in [0.25, 0.3) is 0 Å². The maximum absolute atomic E-state index is 9.46. The lowest BCUT2D eigenvalue weighted by Crippen LogP contribution is -2.26. The molecule has 0 bridgehead atoms. The molecule has 94 valence electrons. The van der Waals surface area contributed by atoms with Crippen molar-refractivity contribution in [3.8, 4) is 0 Å². The fourth-order valence-electron chi connectivity index (χ4n) is 1.63. The van der Waals surface area contributed by atoms with Gasteiger partial charge >= 0.3 is 0 Å². The molecule has 0 aliphatic rings. The zero-order valence-electron chi connectivity index (χ0n) is 9.93. The van der Waals surface area contributed by atoms with E-state index in [-0.39, 0.29) is 6.61 Å². The number of hydrogen-bond donors (Lipinski definition) is 2. The van der Waals surface area contributed by atoms with Crippen molar-refractivity contribution in [2.24, 2.45) is 0 Å². The van der Waals surface area contributed by atoms with E-state index < -0.39 is 6.10 Å². The molecule has 0 amide bonds. The molecule has 0 unspecified atom stereocenters. The van der Waals surface area contributed by atoms with Crippen LogP contribution in [-0.4, -0.2) is 29.9 Å². The van der Waals surface area contributed by atoms with Crippen LogP contribution in [0, 0.1) is 0 Å². The zero-order chi connectivity index (χ0) is 12.8. The van der Waals surface area contributed by atoms with Gasteiger partial charge in [0, 0.05) is 13.1 Å². The van der Waals surface area contributed by atoms with Crippen LogP contribution < -0.4 is 4.90 Å². The highest BCUT2D eigenvalue weighted by atomic mass is 35.5. The molecular formula is C13H18ClNO2. The fraction of sp³-hybridized carbons (Fsp3) is 0.385. The number of nitrogens with zero attached hydrogens (tertiary/aromatic N) is 1. The molecule has 1 aromatic carbocycles. The first-order valence-corrected chi connectivity index (χ1v) is 5.92. The van der Waals surface area contributed by atoms with Crippen LogP contribution in [-0.2, 0) is 0 Å². The van der Waals surface area contributed by atoms with Crippen molar-refractivity contribution in [1.82, 2.24) is 0 Å². The molecule has 2 N–H and O–H groups in total. The van der Waals surface area contributed by atoms with Crippen LogP contribution in [0.15, 0.2) is 30.9 Å². The summed E-state index contributed by atoms with van der Waals surface area (Å²) in [6, 6.07) is 5.43. The van der Waals surface area contributed by atoms with Gasteiger partial charge in [0.25, 0.3) is 0 Å². The molecule has 0 heterocycles. The summed E-state index contributed by atoms with van der Waals surface area (Å²) in [4.78, 5) is 1.93. The number of anilines is 1. The molecule has 0 radical (unpaired) electrons. The third-order valence-electron chi connectivity index (χ3n) is 2.51. The second-order valence-corrected chi connectivity index (χ2v) is 4.25. The Labute approximate surface area is 107 Å². The van der Waals surface area contributed by atoms with Gasteiger partial charge < -0.3 is 15.1 Å². The van der Waals surface area contributed by atoms with Gasteiger partial charge in [-0.3, -0.25) is 0 Å². The molecule has 4 heteroatoms. The number of benzene rings is 1. The Morgan fingerprint density at radius 3 is 2.71 bits per heavy atom. The average molecular weight is 256 g/mol. The first-order valence-electron chi connectivity index (χ1n) is 5.54. The van der Waals surface area contributed by atoms with Gasteiger partial charge in [-0.05, 0) is 24.6 Å². The molecule has 0 saturated heterocycles. The van der Waals surface area contributed by atoms with Crippen LogP contribution in [0.1, 0.15) is 18.6 Å². The fourth-order valence-corrected chi connectivity index (χ4v) is 1.93. The first kappa shape index (κ1) is 14.0. The van der Waals surface area contributed by atoms with Crippen molar-refractivity contribution >= 4 is 17.3 Å². The monoisotopic (exact) mass is 255 g/mol. The summed E-state index contributed by atoms with van der Waals surface area (Å²) < 4.78 is 0. The van der Waals surface area contributed by atoms with Crippen LogP contribution in [0.3, 0.4) is 0 Å². The molecule has 0 aromatic heterocycles. The van der Waals surface area contributed by atoms with Crippen molar-refractivity contribution in [3.05, 3.63) is 41.4 Å². The maximum atomic E-state index is 9.46. The lowest BCUT2D eigenvalue weighted by Gasteiger charge is -2.24. The van der Waals surface area contributed by atoms with E-state index in [1.165, 1.54) is 0 Å². The minimum Gasteiger partial charge on any atom is -0.395 e. The third-order valence-corrected chi connectivity index (χ3v) is 2.82. The average Bonchev–Trinajstić information content (AvgIpc) is 2.28. The smallest absolute Gasteiger partial charge is 0.0762 e. The van der Waals surface area contributed by atoms with Crippen molar-refractivity contribution in [2.75, 3.05) is 24.6 Å². The molecule has 0 aliphatic heterocycles. The summed E-state index contributed by atoms with van der Waals surface area (Å²) in [5.74, 6) is 0. The summed E-state index contributed by atoms with van der Waals surface area (Å²) in [5, 5.41) is 19.0. The van der Waals surface area contributed by atoms with Crippen LogP contribution in [0.5, 0.6) is 0 Å². The largest absolute Gasteiger partial charge is 0.395 e. The molecule has 0 saturated carbocycles. The summed E-state index contributed by atoms with van der Waals surface area (Å²) in [7, 11) is 0. The van der Waals surface area contributed by atoms with E-state index in [0.717, 1.165) is 11.3 Å². The van der Waals surface area contributed by atoms with Crippen molar-refractivity contribution in [2.45, 2.75) is 13.0 Å². The van der Waals surface area contributed by atoms with Gasteiger partial charge in [-0.25, -0.2) is 0 Å². The van der Waals surface area contributed by atoms with E-state index in [1.807, 2.05) is 17.0 Å². The van der Waals surface area contributed by atoms with E-state index in [2.05, 4.69) is 6.58 Å². The molecular weight excluding hydrogens is 238 g/mol. The lowest BCUT2D eigenvalue weighted by molar-refractivity contribution is 0.199. The Kier molecular flexibility index (Phi) is 5.48. The lowest BCUT2D eigenvalue weighted by atomic mass is 10.1. The number of aliphatic hydroxyl groups excluding tert-OH is 2. The van der Waals surface area contributed by atoms with Crippen molar-refractivity contribution in [3.63, 3.8) is 0 Å². The summed E-state index contributed by atoms with van der Waals surface area (Å²) >= 11 is 6.17. The standard InChI is InChI=1S/C13H18ClNO2/c1-3-6-15(7-8-16)13-5-4-11(10(2)17)9-12(13)14/h3-5,9-10,16-17H,1,6-8H2,2H3/t10-/m0/s1. The molecule has 3 nitrogen and oxygen atoms in total. The minimum atomic E-state index is -0.535. The topological polar surface area (TPSA) is 43.7 Å². The van der Waals surface area contributed by atoms with E-state index in [9.17, 15) is 5.11 Å². The molecule has 0 fully saturated rings. The highest BCUT2D eigenvalue weighted by Crippen LogP contribution is 2.28. The number of rotatable bonds is 6. The Morgan fingerprint density at radius 2 is 2.24 bits per heavy atom. The molecule has 0 spiro atoms. The van der Waals surface area contributed by atoms with Gasteiger partial charge in [0.15, 0.2) is 0 Å². The van der Waals surface area contributed by atoms with Gasteiger partial charge in [0.1, 0.15) is 0 Å². The van der Waals surface area contributed by atoms with Crippen molar-refractivity contribution < 1.29 is 10.2 Å². The third kappa shape index (κ3) is 3.73. The van der Waals surface area contributed by atoms with Gasteiger partial charge in [0.05, 0.1) is 23.4 Å². The predicted molar refractivity (Wildman–Crippen MR) is 71.6 cm³/mol. The Bertz CT molecular complexity index is 380. The SMILES string of the molecule is C=CCN(CCO)c1ccc([C@H](C)O)cc1Cl. The molecule has 0 aliphatic carbocycles. The first-order chi connectivity index (χ1) is 8.10. The molecule has 17 heavy (non-hydrogen) atoms. The second kappa shape index (κ2) is 6.64. The number of aliphatic hydroxyl groups is 2. The van der Waals surface area contributed by atoms with Crippen LogP contribution >= 0.6 is 11.6 Å². The van der Waals surface area contributed by atoms with Gasteiger partial charge in [-0.2, -0.15) is 0 Å². The Balaban J connectivity index is 2.99. The van der Waals surface area contributed by atoms with Gasteiger partial charge in [0.2, 0.25) is 0 Å². The van der Waals surface area contributed by atoms with E-state index in [0.29, 0.717) is 18.1 Å². The minimum absolute atomic E-state index is 0.0579. The van der Waals surface area contributed by atoms with Crippen LogP contribution in [0.4, 0.5) is 5.69 Å². The number of hydrogen-bond acceptors (Lipinski definition) is 3. The Morgan fingerprint density at radius 1 is 1.53 bits per heavy atom. The second-order valence-electron chi connectivity index (χ2n) is 3.85. The highest BCUT2D eigenvalue weighted by molar-refractivity contribution is 6.33. The highest BCUT2D eigenvalue weighted by Gasteiger charge is 2.10. The van der Waals surface area contributed by atoms with Crippen molar-refractivity contribution in [1.29, 1.82) is 0 Å². The quantitative estimate of drug-likeness (QED) is 0.767. The van der Waals surface area contributed by atoms with Gasteiger partial charge in [-0.1, -0.05) is 23.7 Å². The van der Waals surface area contributed by atoms with Gasteiger partial charge in [-0.15, -0.1) is 6.58 Å². The number of halogens is 1. The summed E-state index contributed by atoms with van der Waals surface area (Å²) in [5.41, 5.74) is 1.62. The van der Waals surface area contributed by atoms with E-state index >= 15 is 0 Å². The zero-order valence-corrected chi connectivity index (χ0v) is 10.7. The molecule has 1 aromatic rings. The molecule has 1 atom stereocenters. The van der Waals surface area contributed by atoms with E-state index in [4.69, 9.17) is 16.7 Å². The predicted octanol–water partition coefficient (Wildman–Crippen LogP) is 2.38. The maximum Gasteiger partial charge on any atom is 0.0762 e. The Hall–Kier alpha value is -1.03. The summed E-state index contributed by atoms with van der Waals surface area (Å²) in [6.45, 7) is 6.55. The summed E-state index contributed by atoms with van der Waals surface area (Å²) in [6.07, 6.45) is 1.22. The normalized spacial score (nSPS) is 12.2.